The van der Waals surface area contributed by atoms with Gasteiger partial charge in [0.05, 0.1) is 0 Å². The SMILES string of the molecule is Cc1[c-]c(C)c(-c2ccc(CCc3cc(C(C)(C)C)c(O)c(C(C)(C)C)c3)cc2)[c-]c1C.[W].[Y]. The van der Waals surface area contributed by atoms with Gasteiger partial charge in [-0.25, -0.2) is 16.7 Å². The van der Waals surface area contributed by atoms with E-state index in [1.807, 2.05) is 0 Å². The Morgan fingerprint density at radius 2 is 1.12 bits per heavy atom. The van der Waals surface area contributed by atoms with Gasteiger partial charge in [-0.3, -0.25) is 17.7 Å². The van der Waals surface area contributed by atoms with Crippen LogP contribution in [-0.4, -0.2) is 5.11 Å². The minimum atomic E-state index is -0.0979. The Bertz CT molecular complexity index is 1080. The Labute approximate surface area is 247 Å². The zero-order valence-electron chi connectivity index (χ0n) is 22.3. The quantitative estimate of drug-likeness (QED) is 0.274. The monoisotopic (exact) mass is 699 g/mol. The summed E-state index contributed by atoms with van der Waals surface area (Å²) < 4.78 is 0. The summed E-state index contributed by atoms with van der Waals surface area (Å²) in [4.78, 5) is 0. The van der Waals surface area contributed by atoms with Crippen molar-refractivity contribution in [2.75, 3.05) is 0 Å². The van der Waals surface area contributed by atoms with Crippen LogP contribution in [0.2, 0.25) is 0 Å². The van der Waals surface area contributed by atoms with Gasteiger partial charge in [0.2, 0.25) is 0 Å². The van der Waals surface area contributed by atoms with E-state index in [4.69, 9.17) is 0 Å². The summed E-state index contributed by atoms with van der Waals surface area (Å²) in [5.41, 5.74) is 10.3. The minimum absolute atomic E-state index is 0. The fourth-order valence-electron chi connectivity index (χ4n) is 4.21. The van der Waals surface area contributed by atoms with Gasteiger partial charge in [0.1, 0.15) is 5.75 Å². The molecule has 0 aromatic heterocycles. The predicted octanol–water partition coefficient (Wildman–Crippen LogP) is 7.96. The molecule has 1 radical (unpaired) electrons. The smallest absolute Gasteiger partial charge is 0.123 e. The molecule has 0 aliphatic heterocycles. The first-order chi connectivity index (χ1) is 14.8. The number of rotatable bonds is 4. The van der Waals surface area contributed by atoms with Crippen molar-refractivity contribution in [3.63, 3.8) is 0 Å². The molecular formula is C31H38OWY-2. The number of phenolic OH excluding ortho intramolecular Hbond substituents is 1. The van der Waals surface area contributed by atoms with E-state index in [2.05, 4.69) is 111 Å². The normalized spacial score (nSPS) is 11.6. The van der Waals surface area contributed by atoms with E-state index in [-0.39, 0.29) is 64.6 Å². The molecule has 0 atom stereocenters. The van der Waals surface area contributed by atoms with Gasteiger partial charge in [0, 0.05) is 53.8 Å². The summed E-state index contributed by atoms with van der Waals surface area (Å²) in [5, 5.41) is 11.0. The van der Waals surface area contributed by atoms with Crippen LogP contribution >= 0.6 is 0 Å². The summed E-state index contributed by atoms with van der Waals surface area (Å²) in [6.07, 6.45) is 1.92. The molecule has 1 N–H and O–H groups in total. The largest absolute Gasteiger partial charge is 0.507 e. The van der Waals surface area contributed by atoms with E-state index in [0.717, 1.165) is 40.7 Å². The van der Waals surface area contributed by atoms with Crippen LogP contribution in [-0.2, 0) is 77.4 Å². The van der Waals surface area contributed by atoms with Gasteiger partial charge >= 0.3 is 0 Å². The van der Waals surface area contributed by atoms with Crippen molar-refractivity contribution >= 4 is 0 Å². The standard InChI is InChI=1S/C31H38O.W.Y/c1-20-16-22(3)26(17-21(20)2)25-14-12-23(13-15-25)10-11-24-18-27(30(4,5)6)29(32)28(19-24)31(7,8)9;;/h12-15,18-19,32H,10-11H2,1-9H3;;/q-2;;. The molecule has 0 fully saturated rings. The fraction of sp³-hybridized carbons (Fsp3) is 0.419. The molecule has 0 heterocycles. The number of aryl methyl sites for hydroxylation is 5. The summed E-state index contributed by atoms with van der Waals surface area (Å²) in [6, 6.07) is 20.2. The van der Waals surface area contributed by atoms with Crippen molar-refractivity contribution in [1.82, 2.24) is 0 Å². The van der Waals surface area contributed by atoms with Gasteiger partial charge in [-0.15, -0.1) is 19.1 Å². The summed E-state index contributed by atoms with van der Waals surface area (Å²) in [5.74, 6) is 0.454. The van der Waals surface area contributed by atoms with Crippen LogP contribution in [0.15, 0.2) is 36.4 Å². The first kappa shape index (κ1) is 31.3. The molecule has 3 aromatic carbocycles. The third-order valence-corrected chi connectivity index (χ3v) is 6.36. The van der Waals surface area contributed by atoms with Crippen LogP contribution in [0.25, 0.3) is 11.1 Å². The Balaban J connectivity index is 0.00000289. The first-order valence-electron chi connectivity index (χ1n) is 11.7. The van der Waals surface area contributed by atoms with Gasteiger partial charge in [-0.05, 0) is 45.9 Å². The van der Waals surface area contributed by atoms with Gasteiger partial charge in [-0.1, -0.05) is 79.7 Å². The van der Waals surface area contributed by atoms with E-state index in [1.54, 1.807) is 0 Å². The van der Waals surface area contributed by atoms with E-state index in [0.29, 0.717) is 5.75 Å². The molecular weight excluding hydrogens is 661 g/mol. The van der Waals surface area contributed by atoms with Gasteiger partial charge in [0.25, 0.3) is 0 Å². The molecule has 3 rings (SSSR count). The van der Waals surface area contributed by atoms with Crippen LogP contribution in [0.3, 0.4) is 0 Å². The Morgan fingerprint density at radius 1 is 0.676 bits per heavy atom. The zero-order chi connectivity index (χ0) is 23.8. The third-order valence-electron chi connectivity index (χ3n) is 6.36. The van der Waals surface area contributed by atoms with Gasteiger partial charge in [0.15, 0.2) is 0 Å². The second kappa shape index (κ2) is 12.0. The minimum Gasteiger partial charge on any atom is -0.507 e. The maximum absolute atomic E-state index is 11.0. The average molecular weight is 699 g/mol. The number of hydrogen-bond acceptors (Lipinski definition) is 1. The molecule has 3 heteroatoms. The van der Waals surface area contributed by atoms with Crippen molar-refractivity contribution in [3.8, 4) is 16.9 Å². The van der Waals surface area contributed by atoms with E-state index in [1.165, 1.54) is 22.3 Å². The molecule has 0 saturated heterocycles. The van der Waals surface area contributed by atoms with Crippen LogP contribution in [0.4, 0.5) is 0 Å². The molecule has 0 saturated carbocycles. The van der Waals surface area contributed by atoms with Crippen LogP contribution in [0, 0.1) is 32.9 Å². The number of phenols is 1. The molecule has 0 amide bonds. The maximum atomic E-state index is 11.0. The number of hydrogen-bond donors (Lipinski definition) is 1. The van der Waals surface area contributed by atoms with Gasteiger partial charge < -0.3 is 5.11 Å². The van der Waals surface area contributed by atoms with Crippen molar-refractivity contribution < 1.29 is 58.9 Å². The molecule has 0 unspecified atom stereocenters. The Hall–Kier alpha value is -0.748. The molecule has 0 bridgehead atoms. The van der Waals surface area contributed by atoms with Crippen molar-refractivity contribution in [2.24, 2.45) is 0 Å². The van der Waals surface area contributed by atoms with Crippen LogP contribution in [0.5, 0.6) is 5.75 Å². The fourth-order valence-corrected chi connectivity index (χ4v) is 4.21. The second-order valence-electron chi connectivity index (χ2n) is 11.2. The average Bonchev–Trinajstić information content (AvgIpc) is 2.68. The first-order valence-corrected chi connectivity index (χ1v) is 11.7. The molecule has 0 spiro atoms. The van der Waals surface area contributed by atoms with Crippen LogP contribution < -0.4 is 0 Å². The van der Waals surface area contributed by atoms with E-state index >= 15 is 0 Å². The second-order valence-corrected chi connectivity index (χ2v) is 11.2. The van der Waals surface area contributed by atoms with Gasteiger partial charge in [-0.2, -0.15) is 5.56 Å². The van der Waals surface area contributed by atoms with E-state index in [9.17, 15) is 5.11 Å². The van der Waals surface area contributed by atoms with Crippen LogP contribution in [0.1, 0.15) is 80.5 Å². The Morgan fingerprint density at radius 3 is 1.59 bits per heavy atom. The third kappa shape index (κ3) is 7.38. The summed E-state index contributed by atoms with van der Waals surface area (Å²) in [6.45, 7) is 19.3. The molecule has 3 aromatic rings. The predicted molar refractivity (Wildman–Crippen MR) is 137 cm³/mol. The summed E-state index contributed by atoms with van der Waals surface area (Å²) in [7, 11) is 0. The van der Waals surface area contributed by atoms with E-state index < -0.39 is 0 Å². The van der Waals surface area contributed by atoms with Crippen molar-refractivity contribution in [3.05, 3.63) is 87.5 Å². The number of benzene rings is 3. The van der Waals surface area contributed by atoms with Crippen molar-refractivity contribution in [1.29, 1.82) is 0 Å². The zero-order valence-corrected chi connectivity index (χ0v) is 28.1. The Kier molecular flexibility index (Phi) is 11.0. The van der Waals surface area contributed by atoms with Crippen molar-refractivity contribution in [2.45, 2.75) is 86.0 Å². The molecule has 1 nitrogen and oxygen atoms in total. The molecule has 0 aliphatic carbocycles. The summed E-state index contributed by atoms with van der Waals surface area (Å²) >= 11 is 0. The molecule has 0 aliphatic rings. The maximum Gasteiger partial charge on any atom is 0.123 e. The number of aromatic hydroxyl groups is 1. The molecule has 34 heavy (non-hydrogen) atoms. The molecule has 179 valence electrons. The topological polar surface area (TPSA) is 20.2 Å².